The molecule has 1 saturated carbocycles. The van der Waals surface area contributed by atoms with Gasteiger partial charge in [-0.25, -0.2) is 0 Å². The van der Waals surface area contributed by atoms with E-state index in [-0.39, 0.29) is 18.1 Å². The summed E-state index contributed by atoms with van der Waals surface area (Å²) in [6.07, 6.45) is 4.85. The number of likely N-dealkylation sites (tertiary alicyclic amines) is 1. The number of benzene rings is 1. The quantitative estimate of drug-likeness (QED) is 0.933. The van der Waals surface area contributed by atoms with Gasteiger partial charge in [-0.2, -0.15) is 0 Å². The maximum absolute atomic E-state index is 12.5. The van der Waals surface area contributed by atoms with Crippen LogP contribution in [0.25, 0.3) is 0 Å². The minimum atomic E-state index is 0.154. The Labute approximate surface area is 139 Å². The number of amides is 1. The fourth-order valence-electron chi connectivity index (χ4n) is 3.84. The minimum Gasteiger partial charge on any atom is -0.490 e. The third kappa shape index (κ3) is 3.69. The zero-order chi connectivity index (χ0) is 16.4. The molecule has 1 aliphatic heterocycles. The van der Waals surface area contributed by atoms with Crippen molar-refractivity contribution in [2.45, 2.75) is 58.1 Å². The lowest BCUT2D eigenvalue weighted by atomic mass is 10.0. The van der Waals surface area contributed by atoms with Crippen LogP contribution in [-0.2, 0) is 4.79 Å². The summed E-state index contributed by atoms with van der Waals surface area (Å²) in [4.78, 5) is 14.6. The van der Waals surface area contributed by atoms with Gasteiger partial charge in [0.1, 0.15) is 11.9 Å². The Morgan fingerprint density at radius 2 is 1.78 bits per heavy atom. The van der Waals surface area contributed by atoms with E-state index in [9.17, 15) is 4.79 Å². The Hall–Kier alpha value is -1.55. The summed E-state index contributed by atoms with van der Waals surface area (Å²) < 4.78 is 6.23. The van der Waals surface area contributed by atoms with Gasteiger partial charge in [0.05, 0.1) is 0 Å². The molecule has 2 unspecified atom stereocenters. The van der Waals surface area contributed by atoms with Crippen LogP contribution in [0.1, 0.15) is 43.2 Å². The second-order valence-electron chi connectivity index (χ2n) is 7.13. The molecule has 23 heavy (non-hydrogen) atoms. The van der Waals surface area contributed by atoms with Crippen LogP contribution in [0, 0.1) is 19.8 Å². The molecule has 1 aromatic rings. The first-order valence-electron chi connectivity index (χ1n) is 8.82. The molecule has 2 aliphatic rings. The Morgan fingerprint density at radius 1 is 1.13 bits per heavy atom. The van der Waals surface area contributed by atoms with E-state index in [1.165, 1.54) is 11.1 Å². The normalized spacial score (nSPS) is 25.6. The number of ether oxygens (including phenoxy) is 1. The molecule has 0 bridgehead atoms. The largest absolute Gasteiger partial charge is 0.490 e. The Bertz CT molecular complexity index is 544. The van der Waals surface area contributed by atoms with Gasteiger partial charge in [-0.1, -0.05) is 18.2 Å². The number of piperidine rings is 1. The second kappa shape index (κ2) is 6.91. The van der Waals surface area contributed by atoms with Gasteiger partial charge in [0, 0.05) is 37.9 Å². The number of hydrogen-bond donors (Lipinski definition) is 1. The topological polar surface area (TPSA) is 55.6 Å². The molecular formula is C19H28N2O2. The Balaban J connectivity index is 1.53. The van der Waals surface area contributed by atoms with E-state index >= 15 is 0 Å². The average molecular weight is 316 g/mol. The molecule has 1 aromatic carbocycles. The molecular weight excluding hydrogens is 288 g/mol. The van der Waals surface area contributed by atoms with Crippen LogP contribution in [0.5, 0.6) is 5.75 Å². The zero-order valence-electron chi connectivity index (χ0n) is 14.3. The maximum atomic E-state index is 12.5. The van der Waals surface area contributed by atoms with Crippen LogP contribution in [0.3, 0.4) is 0 Å². The monoisotopic (exact) mass is 316 g/mol. The third-order valence-corrected chi connectivity index (χ3v) is 5.27. The lowest BCUT2D eigenvalue weighted by Gasteiger charge is -2.34. The van der Waals surface area contributed by atoms with Crippen molar-refractivity contribution in [3.8, 4) is 5.75 Å². The van der Waals surface area contributed by atoms with E-state index in [0.29, 0.717) is 5.91 Å². The number of nitrogens with zero attached hydrogens (tertiary/aromatic N) is 1. The first-order valence-corrected chi connectivity index (χ1v) is 8.82. The molecule has 1 saturated heterocycles. The van der Waals surface area contributed by atoms with Gasteiger partial charge in [-0.05, 0) is 44.2 Å². The highest BCUT2D eigenvalue weighted by atomic mass is 16.5. The first kappa shape index (κ1) is 16.3. The summed E-state index contributed by atoms with van der Waals surface area (Å²) in [5.41, 5.74) is 8.31. The van der Waals surface area contributed by atoms with E-state index in [1.54, 1.807) is 0 Å². The Morgan fingerprint density at radius 3 is 2.35 bits per heavy atom. The number of hydrogen-bond acceptors (Lipinski definition) is 3. The van der Waals surface area contributed by atoms with Gasteiger partial charge in [0.25, 0.3) is 0 Å². The first-order chi connectivity index (χ1) is 11.0. The number of carbonyl (C=O) groups is 1. The fourth-order valence-corrected chi connectivity index (χ4v) is 3.84. The minimum absolute atomic E-state index is 0.154. The summed E-state index contributed by atoms with van der Waals surface area (Å²) in [6, 6.07) is 6.45. The van der Waals surface area contributed by atoms with E-state index in [2.05, 4.69) is 32.0 Å². The van der Waals surface area contributed by atoms with Gasteiger partial charge < -0.3 is 15.4 Å². The predicted molar refractivity (Wildman–Crippen MR) is 91.5 cm³/mol. The zero-order valence-corrected chi connectivity index (χ0v) is 14.3. The number of para-hydroxylation sites is 1. The van der Waals surface area contributed by atoms with Crippen LogP contribution in [0.4, 0.5) is 0 Å². The molecule has 0 radical (unpaired) electrons. The van der Waals surface area contributed by atoms with Crippen LogP contribution in [0.2, 0.25) is 0 Å². The van der Waals surface area contributed by atoms with Crippen molar-refractivity contribution in [3.05, 3.63) is 29.3 Å². The number of rotatable bonds is 3. The van der Waals surface area contributed by atoms with Crippen molar-refractivity contribution in [1.82, 2.24) is 4.90 Å². The van der Waals surface area contributed by atoms with Crippen LogP contribution in [0.15, 0.2) is 18.2 Å². The van der Waals surface area contributed by atoms with Crippen molar-refractivity contribution < 1.29 is 9.53 Å². The van der Waals surface area contributed by atoms with Crippen molar-refractivity contribution in [1.29, 1.82) is 0 Å². The Kier molecular flexibility index (Phi) is 4.90. The van der Waals surface area contributed by atoms with Crippen molar-refractivity contribution in [2.75, 3.05) is 13.1 Å². The molecule has 2 N–H and O–H groups in total. The fraction of sp³-hybridized carbons (Fsp3) is 0.632. The molecule has 3 rings (SSSR count). The van der Waals surface area contributed by atoms with Crippen LogP contribution in [-0.4, -0.2) is 36.0 Å². The number of carbonyl (C=O) groups excluding carboxylic acids is 1. The van der Waals surface area contributed by atoms with Gasteiger partial charge in [-0.3, -0.25) is 4.79 Å². The van der Waals surface area contributed by atoms with E-state index in [0.717, 1.165) is 50.9 Å². The molecule has 1 heterocycles. The van der Waals surface area contributed by atoms with Gasteiger partial charge in [0.2, 0.25) is 5.91 Å². The van der Waals surface area contributed by atoms with Crippen molar-refractivity contribution in [3.63, 3.8) is 0 Å². The summed E-state index contributed by atoms with van der Waals surface area (Å²) in [7, 11) is 0. The van der Waals surface area contributed by atoms with Gasteiger partial charge in [-0.15, -0.1) is 0 Å². The smallest absolute Gasteiger partial charge is 0.225 e. The van der Waals surface area contributed by atoms with Crippen LogP contribution >= 0.6 is 0 Å². The molecule has 0 aromatic heterocycles. The summed E-state index contributed by atoms with van der Waals surface area (Å²) >= 11 is 0. The maximum Gasteiger partial charge on any atom is 0.225 e. The van der Waals surface area contributed by atoms with Crippen LogP contribution < -0.4 is 10.5 Å². The summed E-state index contributed by atoms with van der Waals surface area (Å²) in [6.45, 7) is 5.79. The lowest BCUT2D eigenvalue weighted by Crippen LogP contribution is -2.44. The van der Waals surface area contributed by atoms with Gasteiger partial charge >= 0.3 is 0 Å². The SMILES string of the molecule is Cc1cccc(C)c1OC1CCN(C(=O)C2CCC(N)C2)CC1. The summed E-state index contributed by atoms with van der Waals surface area (Å²) in [5.74, 6) is 1.48. The molecule has 4 heteroatoms. The summed E-state index contributed by atoms with van der Waals surface area (Å²) in [5, 5.41) is 0. The molecule has 126 valence electrons. The molecule has 4 nitrogen and oxygen atoms in total. The van der Waals surface area contributed by atoms with E-state index in [1.807, 2.05) is 4.90 Å². The third-order valence-electron chi connectivity index (χ3n) is 5.27. The molecule has 1 amide bonds. The highest BCUT2D eigenvalue weighted by molar-refractivity contribution is 5.79. The van der Waals surface area contributed by atoms with E-state index < -0.39 is 0 Å². The molecule has 1 aliphatic carbocycles. The highest BCUT2D eigenvalue weighted by Gasteiger charge is 2.33. The van der Waals surface area contributed by atoms with Gasteiger partial charge in [0.15, 0.2) is 0 Å². The molecule has 2 atom stereocenters. The standard InChI is InChI=1S/C19H28N2O2/c1-13-4-3-5-14(2)18(13)23-17-8-10-21(11-9-17)19(22)15-6-7-16(20)12-15/h3-5,15-17H,6-12,20H2,1-2H3. The van der Waals surface area contributed by atoms with Crippen molar-refractivity contribution >= 4 is 5.91 Å². The lowest BCUT2D eigenvalue weighted by molar-refractivity contribution is -0.137. The molecule has 0 spiro atoms. The second-order valence-corrected chi connectivity index (χ2v) is 7.13. The van der Waals surface area contributed by atoms with Crippen molar-refractivity contribution in [2.24, 2.45) is 11.7 Å². The van der Waals surface area contributed by atoms with E-state index in [4.69, 9.17) is 10.5 Å². The number of aryl methyl sites for hydroxylation is 2. The predicted octanol–water partition coefficient (Wildman–Crippen LogP) is 2.80. The highest BCUT2D eigenvalue weighted by Crippen LogP contribution is 2.29. The molecule has 2 fully saturated rings. The number of nitrogens with two attached hydrogens (primary N) is 1. The average Bonchev–Trinajstić information content (AvgIpc) is 2.97.